The van der Waals surface area contributed by atoms with Crippen LogP contribution in [-0.2, 0) is 19.4 Å². The lowest BCUT2D eigenvalue weighted by atomic mass is 10.1. The highest BCUT2D eigenvalue weighted by Gasteiger charge is 2.10. The Morgan fingerprint density at radius 1 is 1.26 bits per heavy atom. The molecule has 0 spiro atoms. The van der Waals surface area contributed by atoms with Crippen LogP contribution in [0, 0.1) is 0 Å². The third-order valence-corrected chi connectivity index (χ3v) is 3.79. The molecule has 2 aromatic heterocycles. The van der Waals surface area contributed by atoms with Crippen LogP contribution in [0.15, 0.2) is 36.7 Å². The van der Waals surface area contributed by atoms with E-state index in [1.807, 2.05) is 18.2 Å². The van der Waals surface area contributed by atoms with Crippen LogP contribution in [-0.4, -0.2) is 29.1 Å². The van der Waals surface area contributed by atoms with Crippen molar-refractivity contribution >= 4 is 11.8 Å². The fourth-order valence-corrected chi connectivity index (χ4v) is 2.56. The zero-order valence-electron chi connectivity index (χ0n) is 13.0. The van der Waals surface area contributed by atoms with Gasteiger partial charge in [-0.1, -0.05) is 12.1 Å². The van der Waals surface area contributed by atoms with E-state index in [0.717, 1.165) is 42.9 Å². The van der Waals surface area contributed by atoms with Gasteiger partial charge in [-0.3, -0.25) is 4.98 Å². The van der Waals surface area contributed by atoms with E-state index in [9.17, 15) is 4.79 Å². The molecule has 3 heterocycles. The number of carbonyl (C=O) groups excluding carboxylic acids is 1. The molecule has 6 heteroatoms. The van der Waals surface area contributed by atoms with Gasteiger partial charge in [0.05, 0.1) is 0 Å². The fourth-order valence-electron chi connectivity index (χ4n) is 2.56. The van der Waals surface area contributed by atoms with Crippen molar-refractivity contribution in [2.24, 2.45) is 0 Å². The van der Waals surface area contributed by atoms with Gasteiger partial charge in [0.1, 0.15) is 5.82 Å². The second kappa shape index (κ2) is 7.58. The number of amides is 2. The number of nitrogens with one attached hydrogen (secondary N) is 3. The van der Waals surface area contributed by atoms with E-state index >= 15 is 0 Å². The monoisotopic (exact) mass is 311 g/mol. The summed E-state index contributed by atoms with van der Waals surface area (Å²) in [5.41, 5.74) is 3.25. The Morgan fingerprint density at radius 2 is 2.22 bits per heavy atom. The summed E-state index contributed by atoms with van der Waals surface area (Å²) >= 11 is 0. The summed E-state index contributed by atoms with van der Waals surface area (Å²) in [5.74, 6) is 0.995. The number of anilines is 1. The maximum atomic E-state index is 11.8. The number of nitrogens with zero attached hydrogens (tertiary/aromatic N) is 2. The Bertz CT molecular complexity index is 659. The van der Waals surface area contributed by atoms with Crippen molar-refractivity contribution in [1.29, 1.82) is 0 Å². The predicted octanol–water partition coefficient (Wildman–Crippen LogP) is 1.88. The number of urea groups is 1. The van der Waals surface area contributed by atoms with Crippen LogP contribution in [0.25, 0.3) is 0 Å². The Hall–Kier alpha value is -2.63. The SMILES string of the molecule is O=C(NCCc1ccc2c(n1)NCCC2)NCc1cccnc1. The molecule has 0 aliphatic carbocycles. The van der Waals surface area contributed by atoms with Crippen molar-refractivity contribution in [3.05, 3.63) is 53.5 Å². The van der Waals surface area contributed by atoms with Gasteiger partial charge in [-0.2, -0.15) is 0 Å². The van der Waals surface area contributed by atoms with Crippen LogP contribution in [0.5, 0.6) is 0 Å². The Labute approximate surface area is 135 Å². The average Bonchev–Trinajstić information content (AvgIpc) is 2.61. The highest BCUT2D eigenvalue weighted by molar-refractivity contribution is 5.73. The maximum absolute atomic E-state index is 11.8. The third kappa shape index (κ3) is 4.42. The molecule has 6 nitrogen and oxygen atoms in total. The molecule has 0 atom stereocenters. The molecule has 0 bridgehead atoms. The molecule has 0 radical (unpaired) electrons. The molecule has 0 fully saturated rings. The zero-order chi connectivity index (χ0) is 15.9. The standard InChI is InChI=1S/C17H21N5O/c23-17(21-12-13-3-1-8-18-11-13)20-10-7-15-6-5-14-4-2-9-19-16(14)22-15/h1,3,5-6,8,11H,2,4,7,9-10,12H2,(H,19,22)(H2,20,21,23). The van der Waals surface area contributed by atoms with Gasteiger partial charge in [0.15, 0.2) is 0 Å². The summed E-state index contributed by atoms with van der Waals surface area (Å²) in [6, 6.07) is 7.78. The van der Waals surface area contributed by atoms with Gasteiger partial charge in [0.25, 0.3) is 0 Å². The normalized spacial score (nSPS) is 12.9. The van der Waals surface area contributed by atoms with E-state index in [1.54, 1.807) is 12.4 Å². The lowest BCUT2D eigenvalue weighted by Gasteiger charge is -2.17. The summed E-state index contributed by atoms with van der Waals surface area (Å²) in [6.45, 7) is 2.02. The minimum Gasteiger partial charge on any atom is -0.370 e. The molecule has 0 aromatic carbocycles. The quantitative estimate of drug-likeness (QED) is 0.788. The second-order valence-corrected chi connectivity index (χ2v) is 5.56. The summed E-state index contributed by atoms with van der Waals surface area (Å²) in [7, 11) is 0. The molecule has 2 aromatic rings. The van der Waals surface area contributed by atoms with Crippen LogP contribution < -0.4 is 16.0 Å². The van der Waals surface area contributed by atoms with E-state index in [0.29, 0.717) is 13.1 Å². The third-order valence-electron chi connectivity index (χ3n) is 3.79. The molecule has 2 amide bonds. The van der Waals surface area contributed by atoms with Crippen molar-refractivity contribution in [1.82, 2.24) is 20.6 Å². The number of fused-ring (bicyclic) bond motifs is 1. The molecule has 0 unspecified atom stereocenters. The number of aryl methyl sites for hydroxylation is 1. The van der Waals surface area contributed by atoms with Crippen LogP contribution in [0.1, 0.15) is 23.2 Å². The molecule has 3 rings (SSSR count). The number of rotatable bonds is 5. The number of hydrogen-bond acceptors (Lipinski definition) is 4. The minimum absolute atomic E-state index is 0.176. The Morgan fingerprint density at radius 3 is 3.09 bits per heavy atom. The maximum Gasteiger partial charge on any atom is 0.315 e. The fraction of sp³-hybridized carbons (Fsp3) is 0.353. The highest BCUT2D eigenvalue weighted by atomic mass is 16.2. The van der Waals surface area contributed by atoms with E-state index in [1.165, 1.54) is 5.56 Å². The number of pyridine rings is 2. The molecule has 0 saturated heterocycles. The van der Waals surface area contributed by atoms with Crippen molar-refractivity contribution in [3.8, 4) is 0 Å². The molecular formula is C17H21N5O. The van der Waals surface area contributed by atoms with Crippen LogP contribution >= 0.6 is 0 Å². The summed E-state index contributed by atoms with van der Waals surface area (Å²) in [4.78, 5) is 20.4. The van der Waals surface area contributed by atoms with E-state index in [2.05, 4.69) is 32.0 Å². The molecule has 1 aliphatic rings. The topological polar surface area (TPSA) is 78.9 Å². The lowest BCUT2D eigenvalue weighted by Crippen LogP contribution is -2.36. The smallest absolute Gasteiger partial charge is 0.315 e. The number of aromatic nitrogens is 2. The average molecular weight is 311 g/mol. The predicted molar refractivity (Wildman–Crippen MR) is 89.2 cm³/mol. The van der Waals surface area contributed by atoms with Gasteiger partial charge in [0, 0.05) is 44.1 Å². The summed E-state index contributed by atoms with van der Waals surface area (Å²) in [6.07, 6.45) is 6.42. The van der Waals surface area contributed by atoms with Crippen molar-refractivity contribution in [3.63, 3.8) is 0 Å². The van der Waals surface area contributed by atoms with Gasteiger partial charge >= 0.3 is 6.03 Å². The summed E-state index contributed by atoms with van der Waals surface area (Å²) in [5, 5.41) is 8.99. The van der Waals surface area contributed by atoms with Gasteiger partial charge in [-0.25, -0.2) is 9.78 Å². The van der Waals surface area contributed by atoms with Gasteiger partial charge < -0.3 is 16.0 Å². The molecule has 120 valence electrons. The first-order valence-electron chi connectivity index (χ1n) is 7.94. The van der Waals surface area contributed by atoms with Crippen LogP contribution in [0.3, 0.4) is 0 Å². The van der Waals surface area contributed by atoms with Gasteiger partial charge in [-0.15, -0.1) is 0 Å². The van der Waals surface area contributed by atoms with Gasteiger partial charge in [-0.05, 0) is 36.1 Å². The molecule has 1 aliphatic heterocycles. The molecular weight excluding hydrogens is 290 g/mol. The van der Waals surface area contributed by atoms with Crippen molar-refractivity contribution < 1.29 is 4.79 Å². The second-order valence-electron chi connectivity index (χ2n) is 5.56. The number of carbonyl (C=O) groups is 1. The van der Waals surface area contributed by atoms with Gasteiger partial charge in [0.2, 0.25) is 0 Å². The molecule has 0 saturated carbocycles. The largest absolute Gasteiger partial charge is 0.370 e. The first kappa shape index (κ1) is 15.3. The van der Waals surface area contributed by atoms with E-state index < -0.39 is 0 Å². The molecule has 3 N–H and O–H groups in total. The minimum atomic E-state index is -0.176. The van der Waals surface area contributed by atoms with E-state index in [4.69, 9.17) is 0 Å². The highest BCUT2D eigenvalue weighted by Crippen LogP contribution is 2.19. The number of hydrogen-bond donors (Lipinski definition) is 3. The molecule has 23 heavy (non-hydrogen) atoms. The van der Waals surface area contributed by atoms with E-state index in [-0.39, 0.29) is 6.03 Å². The lowest BCUT2D eigenvalue weighted by molar-refractivity contribution is 0.240. The van der Waals surface area contributed by atoms with Crippen molar-refractivity contribution in [2.75, 3.05) is 18.4 Å². The van der Waals surface area contributed by atoms with Crippen LogP contribution in [0.4, 0.5) is 10.6 Å². The first-order valence-corrected chi connectivity index (χ1v) is 7.94. The Kier molecular flexibility index (Phi) is 5.03. The first-order chi connectivity index (χ1) is 11.3. The van der Waals surface area contributed by atoms with Crippen molar-refractivity contribution in [2.45, 2.75) is 25.8 Å². The summed E-state index contributed by atoms with van der Waals surface area (Å²) < 4.78 is 0. The van der Waals surface area contributed by atoms with Crippen LogP contribution in [0.2, 0.25) is 0 Å². The Balaban J connectivity index is 1.41. The zero-order valence-corrected chi connectivity index (χ0v) is 13.0.